The minimum Gasteiger partial charge on any atom is -0.384 e. The highest BCUT2D eigenvalue weighted by atomic mass is 14.9. The summed E-state index contributed by atoms with van der Waals surface area (Å²) >= 11 is 0. The summed E-state index contributed by atoms with van der Waals surface area (Å²) in [4.78, 5) is 0. The molecule has 0 aliphatic rings. The summed E-state index contributed by atoms with van der Waals surface area (Å²) in [6.45, 7) is 5.24. The second kappa shape index (κ2) is 6.29. The Morgan fingerprint density at radius 1 is 1.20 bits per heavy atom. The largest absolute Gasteiger partial charge is 0.384 e. The van der Waals surface area contributed by atoms with Crippen LogP contribution in [0.4, 0.5) is 5.69 Å². The Kier molecular flexibility index (Phi) is 4.47. The first-order chi connectivity index (χ1) is 9.61. The van der Waals surface area contributed by atoms with E-state index in [0.29, 0.717) is 6.42 Å². The van der Waals surface area contributed by atoms with E-state index in [2.05, 4.69) is 54.1 Å². The Labute approximate surface area is 120 Å². The summed E-state index contributed by atoms with van der Waals surface area (Å²) in [6.07, 6.45) is 5.60. The molecule has 3 heteroatoms. The average molecular weight is 267 g/mol. The van der Waals surface area contributed by atoms with Gasteiger partial charge in [-0.1, -0.05) is 19.9 Å². The van der Waals surface area contributed by atoms with Gasteiger partial charge in [-0.25, -0.2) is 0 Å². The van der Waals surface area contributed by atoms with Crippen LogP contribution in [0, 0.1) is 16.7 Å². The molecule has 0 aliphatic carbocycles. The van der Waals surface area contributed by atoms with Gasteiger partial charge in [-0.05, 0) is 42.2 Å². The second-order valence-corrected chi connectivity index (χ2v) is 5.82. The number of hydrogen-bond donors (Lipinski definition) is 1. The average Bonchev–Trinajstić information content (AvgIpc) is 2.98. The Morgan fingerprint density at radius 2 is 1.95 bits per heavy atom. The molecular weight excluding hydrogens is 246 g/mol. The van der Waals surface area contributed by atoms with Crippen molar-refractivity contribution in [2.24, 2.45) is 5.41 Å². The monoisotopic (exact) mass is 267 g/mol. The van der Waals surface area contributed by atoms with Gasteiger partial charge in [-0.15, -0.1) is 0 Å². The van der Waals surface area contributed by atoms with Crippen molar-refractivity contribution in [3.63, 3.8) is 0 Å². The van der Waals surface area contributed by atoms with Crippen molar-refractivity contribution in [2.75, 3.05) is 11.9 Å². The molecule has 0 fully saturated rings. The maximum absolute atomic E-state index is 8.68. The summed E-state index contributed by atoms with van der Waals surface area (Å²) < 4.78 is 2.09. The molecule has 2 aromatic rings. The van der Waals surface area contributed by atoms with Crippen molar-refractivity contribution in [1.29, 1.82) is 5.26 Å². The van der Waals surface area contributed by atoms with Crippen LogP contribution in [-0.2, 0) is 0 Å². The molecule has 0 amide bonds. The minimum atomic E-state index is 0.124. The second-order valence-electron chi connectivity index (χ2n) is 5.82. The fourth-order valence-electron chi connectivity index (χ4n) is 2.11. The SMILES string of the molecule is CC(C)(CCC#N)CNc1cccc(-n2cccc2)c1. The van der Waals surface area contributed by atoms with Crippen LogP contribution in [0.2, 0.25) is 0 Å². The molecule has 0 bridgehead atoms. The molecule has 1 N–H and O–H groups in total. The minimum absolute atomic E-state index is 0.124. The quantitative estimate of drug-likeness (QED) is 0.851. The number of aromatic nitrogens is 1. The highest BCUT2D eigenvalue weighted by Gasteiger charge is 2.16. The molecular formula is C17H21N3. The van der Waals surface area contributed by atoms with Crippen molar-refractivity contribution in [3.8, 4) is 11.8 Å². The molecule has 2 rings (SSSR count). The van der Waals surface area contributed by atoms with Crippen molar-refractivity contribution in [2.45, 2.75) is 26.7 Å². The molecule has 0 spiro atoms. The molecule has 0 aliphatic heterocycles. The molecule has 104 valence electrons. The van der Waals surface area contributed by atoms with Crippen molar-refractivity contribution >= 4 is 5.69 Å². The molecule has 1 aromatic heterocycles. The van der Waals surface area contributed by atoms with Gasteiger partial charge in [0.15, 0.2) is 0 Å². The van der Waals surface area contributed by atoms with E-state index < -0.39 is 0 Å². The van der Waals surface area contributed by atoms with Crippen LogP contribution in [0.1, 0.15) is 26.7 Å². The molecule has 1 aromatic carbocycles. The lowest BCUT2D eigenvalue weighted by Crippen LogP contribution is -2.22. The van der Waals surface area contributed by atoms with Crippen LogP contribution in [0.5, 0.6) is 0 Å². The van der Waals surface area contributed by atoms with E-state index in [-0.39, 0.29) is 5.41 Å². The Hall–Kier alpha value is -2.21. The third kappa shape index (κ3) is 3.89. The summed E-state index contributed by atoms with van der Waals surface area (Å²) in [6, 6.07) is 14.6. The number of rotatable bonds is 6. The summed E-state index contributed by atoms with van der Waals surface area (Å²) in [5.74, 6) is 0. The van der Waals surface area contributed by atoms with Crippen LogP contribution in [-0.4, -0.2) is 11.1 Å². The standard InChI is InChI=1S/C17H21N3/c1-17(2,9-6-10-18)14-19-15-7-5-8-16(13-15)20-11-3-4-12-20/h3-5,7-8,11-13,19H,6,9,14H2,1-2H3. The maximum Gasteiger partial charge on any atom is 0.0621 e. The molecule has 20 heavy (non-hydrogen) atoms. The lowest BCUT2D eigenvalue weighted by Gasteiger charge is -2.24. The van der Waals surface area contributed by atoms with E-state index in [1.54, 1.807) is 0 Å². The zero-order chi connectivity index (χ0) is 14.4. The van der Waals surface area contributed by atoms with Crippen LogP contribution in [0.25, 0.3) is 5.69 Å². The summed E-state index contributed by atoms with van der Waals surface area (Å²) in [7, 11) is 0. The molecule has 3 nitrogen and oxygen atoms in total. The van der Waals surface area contributed by atoms with Crippen molar-refractivity contribution in [3.05, 3.63) is 48.8 Å². The van der Waals surface area contributed by atoms with Crippen LogP contribution in [0.3, 0.4) is 0 Å². The van der Waals surface area contributed by atoms with Gasteiger partial charge in [0.2, 0.25) is 0 Å². The fraction of sp³-hybridized carbons (Fsp3) is 0.353. The van der Waals surface area contributed by atoms with E-state index in [4.69, 9.17) is 5.26 Å². The zero-order valence-corrected chi connectivity index (χ0v) is 12.1. The highest BCUT2D eigenvalue weighted by Crippen LogP contribution is 2.23. The molecule has 0 unspecified atom stereocenters. The number of hydrogen-bond acceptors (Lipinski definition) is 2. The topological polar surface area (TPSA) is 40.8 Å². The van der Waals surface area contributed by atoms with E-state index in [1.165, 1.54) is 0 Å². The van der Waals surface area contributed by atoms with Gasteiger partial charge in [0, 0.05) is 36.7 Å². The first-order valence-corrected chi connectivity index (χ1v) is 6.95. The molecule has 1 heterocycles. The normalized spacial score (nSPS) is 11.1. The van der Waals surface area contributed by atoms with E-state index in [1.807, 2.05) is 24.5 Å². The number of nitriles is 1. The number of nitrogens with one attached hydrogen (secondary N) is 1. The van der Waals surface area contributed by atoms with Gasteiger partial charge < -0.3 is 9.88 Å². The van der Waals surface area contributed by atoms with E-state index in [9.17, 15) is 0 Å². The third-order valence-corrected chi connectivity index (χ3v) is 3.43. The van der Waals surface area contributed by atoms with E-state index in [0.717, 1.165) is 24.3 Å². The molecule has 0 radical (unpaired) electrons. The molecule has 0 saturated carbocycles. The summed E-state index contributed by atoms with van der Waals surface area (Å²) in [5.41, 5.74) is 2.38. The lowest BCUT2D eigenvalue weighted by molar-refractivity contribution is 0.364. The van der Waals surface area contributed by atoms with Gasteiger partial charge >= 0.3 is 0 Å². The van der Waals surface area contributed by atoms with Crippen LogP contribution >= 0.6 is 0 Å². The van der Waals surface area contributed by atoms with Gasteiger partial charge in [0.1, 0.15) is 0 Å². The van der Waals surface area contributed by atoms with Crippen LogP contribution < -0.4 is 5.32 Å². The van der Waals surface area contributed by atoms with Crippen molar-refractivity contribution < 1.29 is 0 Å². The summed E-state index contributed by atoms with van der Waals surface area (Å²) in [5, 5.41) is 12.2. The van der Waals surface area contributed by atoms with Crippen LogP contribution in [0.15, 0.2) is 48.8 Å². The fourth-order valence-corrected chi connectivity index (χ4v) is 2.11. The number of nitrogens with zero attached hydrogens (tertiary/aromatic N) is 2. The predicted octanol–water partition coefficient (Wildman–Crippen LogP) is 4.22. The lowest BCUT2D eigenvalue weighted by atomic mass is 9.88. The third-order valence-electron chi connectivity index (χ3n) is 3.43. The van der Waals surface area contributed by atoms with Gasteiger partial charge in [-0.3, -0.25) is 0 Å². The smallest absolute Gasteiger partial charge is 0.0621 e. The molecule has 0 atom stereocenters. The Bertz CT molecular complexity index is 577. The Morgan fingerprint density at radius 3 is 2.65 bits per heavy atom. The Balaban J connectivity index is 2.00. The first kappa shape index (κ1) is 14.2. The van der Waals surface area contributed by atoms with Crippen molar-refractivity contribution in [1.82, 2.24) is 4.57 Å². The van der Waals surface area contributed by atoms with E-state index >= 15 is 0 Å². The number of anilines is 1. The maximum atomic E-state index is 8.68. The van der Waals surface area contributed by atoms with Gasteiger partial charge in [0.25, 0.3) is 0 Å². The highest BCUT2D eigenvalue weighted by molar-refractivity contribution is 5.51. The van der Waals surface area contributed by atoms with Gasteiger partial charge in [-0.2, -0.15) is 5.26 Å². The first-order valence-electron chi connectivity index (χ1n) is 6.95. The molecule has 0 saturated heterocycles. The zero-order valence-electron chi connectivity index (χ0n) is 12.1. The number of benzene rings is 1. The predicted molar refractivity (Wildman–Crippen MR) is 82.9 cm³/mol. The van der Waals surface area contributed by atoms with Gasteiger partial charge in [0.05, 0.1) is 6.07 Å².